The highest BCUT2D eigenvalue weighted by Crippen LogP contribution is 2.17. The van der Waals surface area contributed by atoms with Crippen LogP contribution in [0.4, 0.5) is 5.69 Å². The quantitative estimate of drug-likeness (QED) is 0.837. The number of carbonyl (C=O) groups is 1. The number of hydrogen-bond donors (Lipinski definition) is 2. The number of nitrogens with one attached hydrogen (secondary N) is 2. The van der Waals surface area contributed by atoms with Gasteiger partial charge in [0.05, 0.1) is 11.4 Å². The highest BCUT2D eigenvalue weighted by molar-refractivity contribution is 9.10. The Morgan fingerprint density at radius 3 is 3.05 bits per heavy atom. The number of nitrogens with zero attached hydrogens (tertiary/aromatic N) is 1. The minimum atomic E-state index is 0.0691. The normalized spacial score (nSPS) is 19.2. The second kappa shape index (κ2) is 7.01. The fourth-order valence-corrected chi connectivity index (χ4v) is 2.75. The van der Waals surface area contributed by atoms with E-state index in [1.807, 2.05) is 19.1 Å². The molecular formula is C14H20BrN3O. The molecule has 2 heterocycles. The van der Waals surface area contributed by atoms with Gasteiger partial charge in [0.15, 0.2) is 0 Å². The Bertz CT molecular complexity index is 444. The number of hydrogen-bond acceptors (Lipinski definition) is 3. The van der Waals surface area contributed by atoms with Gasteiger partial charge in [-0.2, -0.15) is 0 Å². The number of amides is 1. The molecule has 0 aromatic carbocycles. The van der Waals surface area contributed by atoms with E-state index < -0.39 is 0 Å². The summed E-state index contributed by atoms with van der Waals surface area (Å²) < 4.78 is 0.786. The van der Waals surface area contributed by atoms with Gasteiger partial charge >= 0.3 is 0 Å². The first-order valence-electron chi connectivity index (χ1n) is 6.81. The summed E-state index contributed by atoms with van der Waals surface area (Å²) in [5, 5.41) is 6.39. The molecule has 0 radical (unpaired) electrons. The second-order valence-corrected chi connectivity index (χ2v) is 5.81. The number of anilines is 1. The summed E-state index contributed by atoms with van der Waals surface area (Å²) in [6.07, 6.45) is 5.19. The number of piperidine rings is 1. The van der Waals surface area contributed by atoms with Crippen molar-refractivity contribution in [2.45, 2.75) is 45.1 Å². The maximum Gasteiger partial charge on any atom is 0.224 e. The molecule has 1 atom stereocenters. The van der Waals surface area contributed by atoms with Crippen LogP contribution in [0.1, 0.15) is 37.8 Å². The van der Waals surface area contributed by atoms with Crippen molar-refractivity contribution in [3.63, 3.8) is 0 Å². The molecule has 1 aliphatic rings. The van der Waals surface area contributed by atoms with Gasteiger partial charge in [0, 0.05) is 12.5 Å². The van der Waals surface area contributed by atoms with Gasteiger partial charge in [0.25, 0.3) is 0 Å². The zero-order valence-corrected chi connectivity index (χ0v) is 12.8. The minimum absolute atomic E-state index is 0.0691. The van der Waals surface area contributed by atoms with Crippen LogP contribution in [-0.2, 0) is 4.79 Å². The van der Waals surface area contributed by atoms with Crippen molar-refractivity contribution in [2.24, 2.45) is 0 Å². The summed E-state index contributed by atoms with van der Waals surface area (Å²) in [6, 6.07) is 4.22. The van der Waals surface area contributed by atoms with Gasteiger partial charge < -0.3 is 10.6 Å². The Morgan fingerprint density at radius 1 is 1.53 bits per heavy atom. The third-order valence-electron chi connectivity index (χ3n) is 3.46. The van der Waals surface area contributed by atoms with Crippen LogP contribution >= 0.6 is 15.9 Å². The molecule has 1 aliphatic heterocycles. The monoisotopic (exact) mass is 325 g/mol. The lowest BCUT2D eigenvalue weighted by Crippen LogP contribution is -2.34. The van der Waals surface area contributed by atoms with E-state index in [9.17, 15) is 4.79 Å². The molecule has 0 spiro atoms. The number of aryl methyl sites for hydroxylation is 1. The molecular weight excluding hydrogens is 306 g/mol. The Kier molecular flexibility index (Phi) is 5.34. The van der Waals surface area contributed by atoms with Crippen LogP contribution in [0.15, 0.2) is 16.7 Å². The van der Waals surface area contributed by atoms with Crippen LogP contribution in [0, 0.1) is 6.92 Å². The van der Waals surface area contributed by atoms with Crippen molar-refractivity contribution >= 4 is 27.5 Å². The molecule has 5 heteroatoms. The predicted molar refractivity (Wildman–Crippen MR) is 80.2 cm³/mol. The summed E-state index contributed by atoms with van der Waals surface area (Å²) in [6.45, 7) is 2.98. The number of carbonyl (C=O) groups excluding carboxylic acids is 1. The molecule has 0 saturated carbocycles. The largest absolute Gasteiger partial charge is 0.325 e. The molecule has 0 aliphatic carbocycles. The molecule has 1 fully saturated rings. The number of aromatic nitrogens is 1. The summed E-state index contributed by atoms with van der Waals surface area (Å²) in [7, 11) is 0. The third-order valence-corrected chi connectivity index (χ3v) is 3.90. The van der Waals surface area contributed by atoms with Gasteiger partial charge in [0.2, 0.25) is 5.91 Å². The smallest absolute Gasteiger partial charge is 0.224 e. The molecule has 19 heavy (non-hydrogen) atoms. The lowest BCUT2D eigenvalue weighted by Gasteiger charge is -2.23. The standard InChI is InChI=1S/C14H20BrN3O/c1-10-12(6-7-13(15)17-10)18-14(19)8-5-11-4-2-3-9-16-11/h6-7,11,16H,2-5,8-9H2,1H3,(H,18,19). The maximum absolute atomic E-state index is 11.9. The molecule has 2 rings (SSSR count). The van der Waals surface area contributed by atoms with E-state index in [-0.39, 0.29) is 5.91 Å². The Balaban J connectivity index is 1.80. The van der Waals surface area contributed by atoms with Gasteiger partial charge in [-0.1, -0.05) is 6.42 Å². The first kappa shape index (κ1) is 14.5. The van der Waals surface area contributed by atoms with Crippen molar-refractivity contribution in [2.75, 3.05) is 11.9 Å². The van der Waals surface area contributed by atoms with E-state index in [1.54, 1.807) is 0 Å². The van der Waals surface area contributed by atoms with E-state index >= 15 is 0 Å². The van der Waals surface area contributed by atoms with Gasteiger partial charge in [-0.05, 0) is 60.8 Å². The van der Waals surface area contributed by atoms with E-state index in [1.165, 1.54) is 19.3 Å². The van der Waals surface area contributed by atoms with E-state index in [2.05, 4.69) is 31.5 Å². The Morgan fingerprint density at radius 2 is 2.37 bits per heavy atom. The molecule has 1 amide bonds. The van der Waals surface area contributed by atoms with Crippen LogP contribution < -0.4 is 10.6 Å². The van der Waals surface area contributed by atoms with Crippen LogP contribution in [0.2, 0.25) is 0 Å². The molecule has 1 aromatic rings. The van der Waals surface area contributed by atoms with E-state index in [0.29, 0.717) is 12.5 Å². The van der Waals surface area contributed by atoms with E-state index in [0.717, 1.165) is 29.0 Å². The fraction of sp³-hybridized carbons (Fsp3) is 0.571. The molecule has 0 bridgehead atoms. The summed E-state index contributed by atoms with van der Waals surface area (Å²) in [5.74, 6) is 0.0691. The topological polar surface area (TPSA) is 54.0 Å². The van der Waals surface area contributed by atoms with Gasteiger partial charge in [-0.25, -0.2) is 4.98 Å². The fourth-order valence-electron chi connectivity index (χ4n) is 2.35. The Labute approximate surface area is 122 Å². The lowest BCUT2D eigenvalue weighted by atomic mass is 10.0. The highest BCUT2D eigenvalue weighted by Gasteiger charge is 2.14. The molecule has 1 aromatic heterocycles. The van der Waals surface area contributed by atoms with Crippen molar-refractivity contribution in [1.82, 2.24) is 10.3 Å². The molecule has 104 valence electrons. The second-order valence-electron chi connectivity index (χ2n) is 5.00. The van der Waals surface area contributed by atoms with Crippen LogP contribution in [0.3, 0.4) is 0 Å². The minimum Gasteiger partial charge on any atom is -0.325 e. The zero-order chi connectivity index (χ0) is 13.7. The molecule has 4 nitrogen and oxygen atoms in total. The van der Waals surface area contributed by atoms with Crippen molar-refractivity contribution in [1.29, 1.82) is 0 Å². The van der Waals surface area contributed by atoms with Crippen LogP contribution in [0.25, 0.3) is 0 Å². The third kappa shape index (κ3) is 4.58. The van der Waals surface area contributed by atoms with Crippen molar-refractivity contribution < 1.29 is 4.79 Å². The average Bonchev–Trinajstić information content (AvgIpc) is 2.41. The van der Waals surface area contributed by atoms with Crippen molar-refractivity contribution in [3.8, 4) is 0 Å². The zero-order valence-electron chi connectivity index (χ0n) is 11.2. The van der Waals surface area contributed by atoms with Gasteiger partial charge in [-0.15, -0.1) is 0 Å². The Hall–Kier alpha value is -0.940. The van der Waals surface area contributed by atoms with Crippen molar-refractivity contribution in [3.05, 3.63) is 22.4 Å². The molecule has 1 saturated heterocycles. The van der Waals surface area contributed by atoms with Gasteiger partial charge in [0.1, 0.15) is 4.60 Å². The average molecular weight is 326 g/mol. The number of pyridine rings is 1. The van der Waals surface area contributed by atoms with Crippen LogP contribution in [0.5, 0.6) is 0 Å². The SMILES string of the molecule is Cc1nc(Br)ccc1NC(=O)CCC1CCCCN1. The maximum atomic E-state index is 11.9. The summed E-state index contributed by atoms with van der Waals surface area (Å²) in [5.41, 5.74) is 1.63. The first-order chi connectivity index (χ1) is 9.15. The summed E-state index contributed by atoms with van der Waals surface area (Å²) >= 11 is 3.31. The highest BCUT2D eigenvalue weighted by atomic mass is 79.9. The summed E-state index contributed by atoms with van der Waals surface area (Å²) in [4.78, 5) is 16.2. The lowest BCUT2D eigenvalue weighted by molar-refractivity contribution is -0.116. The van der Waals surface area contributed by atoms with E-state index in [4.69, 9.17) is 0 Å². The number of halogens is 1. The van der Waals surface area contributed by atoms with Gasteiger partial charge in [-0.3, -0.25) is 4.79 Å². The predicted octanol–water partition coefficient (Wildman–Crippen LogP) is 3.01. The first-order valence-corrected chi connectivity index (χ1v) is 7.61. The number of rotatable bonds is 4. The molecule has 1 unspecified atom stereocenters. The van der Waals surface area contributed by atoms with Crippen LogP contribution in [-0.4, -0.2) is 23.5 Å². The molecule has 2 N–H and O–H groups in total.